The Kier molecular flexibility index (Phi) is 4.11. The van der Waals surface area contributed by atoms with Crippen LogP contribution in [0.3, 0.4) is 0 Å². The van der Waals surface area contributed by atoms with Gasteiger partial charge in [-0.1, -0.05) is 18.2 Å². The second-order valence-corrected chi connectivity index (χ2v) is 5.27. The number of para-hydroxylation sites is 1. The molecule has 6 heteroatoms. The number of aromatic hydroxyl groups is 2. The van der Waals surface area contributed by atoms with Crippen LogP contribution in [0, 0.1) is 6.92 Å². The van der Waals surface area contributed by atoms with Crippen LogP contribution in [-0.4, -0.2) is 27.3 Å². The predicted octanol–water partition coefficient (Wildman–Crippen LogP) is 2.72. The third-order valence-electron chi connectivity index (χ3n) is 3.47. The summed E-state index contributed by atoms with van der Waals surface area (Å²) in [7, 11) is 0. The fraction of sp³-hybridized carbons (Fsp3) is 0.0556. The van der Waals surface area contributed by atoms with E-state index in [9.17, 15) is 15.0 Å². The number of carbonyl (C=O) groups excluding carboxylic acids is 1. The lowest BCUT2D eigenvalue weighted by molar-refractivity contribution is 0.0956. The maximum absolute atomic E-state index is 12.4. The predicted molar refractivity (Wildman–Crippen MR) is 91.3 cm³/mol. The van der Waals surface area contributed by atoms with Gasteiger partial charge in [0.05, 0.1) is 17.3 Å². The Morgan fingerprint density at radius 3 is 2.75 bits per heavy atom. The van der Waals surface area contributed by atoms with Crippen molar-refractivity contribution < 1.29 is 15.0 Å². The summed E-state index contributed by atoms with van der Waals surface area (Å²) >= 11 is 0. The molecule has 3 N–H and O–H groups in total. The van der Waals surface area contributed by atoms with E-state index in [0.717, 1.165) is 16.6 Å². The number of hydrazone groups is 1. The van der Waals surface area contributed by atoms with Crippen LogP contribution in [0.4, 0.5) is 0 Å². The SMILES string of the molecule is Cc1cc(C(=O)N/N=C\c2ccc(O)cc2O)c2ccccc2n1. The van der Waals surface area contributed by atoms with Gasteiger partial charge in [-0.05, 0) is 31.2 Å². The van der Waals surface area contributed by atoms with Crippen LogP contribution in [0.15, 0.2) is 53.6 Å². The van der Waals surface area contributed by atoms with E-state index < -0.39 is 0 Å². The largest absolute Gasteiger partial charge is 0.508 e. The third-order valence-corrected chi connectivity index (χ3v) is 3.47. The normalized spacial score (nSPS) is 11.0. The fourth-order valence-corrected chi connectivity index (χ4v) is 2.36. The van der Waals surface area contributed by atoms with Gasteiger partial charge in [0, 0.05) is 22.7 Å². The van der Waals surface area contributed by atoms with Crippen LogP contribution in [0.2, 0.25) is 0 Å². The molecule has 0 aliphatic rings. The molecule has 0 aliphatic heterocycles. The highest BCUT2D eigenvalue weighted by atomic mass is 16.3. The van der Waals surface area contributed by atoms with Crippen molar-refractivity contribution in [2.75, 3.05) is 0 Å². The van der Waals surface area contributed by atoms with Gasteiger partial charge in [-0.2, -0.15) is 5.10 Å². The number of carbonyl (C=O) groups is 1. The summed E-state index contributed by atoms with van der Waals surface area (Å²) in [5.74, 6) is -0.545. The fourth-order valence-electron chi connectivity index (χ4n) is 2.36. The molecule has 1 aromatic heterocycles. The second-order valence-electron chi connectivity index (χ2n) is 5.27. The van der Waals surface area contributed by atoms with E-state index >= 15 is 0 Å². The summed E-state index contributed by atoms with van der Waals surface area (Å²) in [5.41, 5.74) is 4.77. The van der Waals surface area contributed by atoms with E-state index in [1.54, 1.807) is 6.07 Å². The first kappa shape index (κ1) is 15.5. The zero-order valence-electron chi connectivity index (χ0n) is 12.9. The third kappa shape index (κ3) is 3.17. The summed E-state index contributed by atoms with van der Waals surface area (Å²) in [4.78, 5) is 16.8. The second kappa shape index (κ2) is 6.37. The zero-order chi connectivity index (χ0) is 17.1. The van der Waals surface area contributed by atoms with Crippen molar-refractivity contribution in [3.8, 4) is 11.5 Å². The van der Waals surface area contributed by atoms with E-state index in [1.807, 2.05) is 31.2 Å². The molecular weight excluding hydrogens is 306 g/mol. The molecule has 6 nitrogen and oxygen atoms in total. The summed E-state index contributed by atoms with van der Waals surface area (Å²) in [6.07, 6.45) is 1.31. The van der Waals surface area contributed by atoms with Gasteiger partial charge in [-0.25, -0.2) is 5.43 Å². The summed E-state index contributed by atoms with van der Waals surface area (Å²) in [6.45, 7) is 1.82. The molecule has 0 bridgehead atoms. The van der Waals surface area contributed by atoms with Crippen LogP contribution in [0.5, 0.6) is 11.5 Å². The molecule has 0 saturated carbocycles. The molecule has 0 atom stereocenters. The van der Waals surface area contributed by atoms with Crippen molar-refractivity contribution in [1.82, 2.24) is 10.4 Å². The van der Waals surface area contributed by atoms with Gasteiger partial charge in [-0.3, -0.25) is 9.78 Å². The van der Waals surface area contributed by atoms with Crippen molar-refractivity contribution >= 4 is 23.0 Å². The number of rotatable bonds is 3. The number of phenols is 2. The van der Waals surface area contributed by atoms with Crippen molar-refractivity contribution in [3.05, 3.63) is 65.4 Å². The number of fused-ring (bicyclic) bond motifs is 1. The minimum Gasteiger partial charge on any atom is -0.508 e. The van der Waals surface area contributed by atoms with Crippen LogP contribution >= 0.6 is 0 Å². The van der Waals surface area contributed by atoms with E-state index in [4.69, 9.17) is 0 Å². The van der Waals surface area contributed by atoms with Crippen LogP contribution < -0.4 is 5.43 Å². The highest BCUT2D eigenvalue weighted by Crippen LogP contribution is 2.21. The first-order chi connectivity index (χ1) is 11.5. The standard InChI is InChI=1S/C18H15N3O3/c1-11-8-15(14-4-2-3-5-16(14)20-11)18(24)21-19-10-12-6-7-13(22)9-17(12)23/h2-10,22-23H,1H3,(H,21,24)/b19-10-. The Morgan fingerprint density at radius 1 is 1.17 bits per heavy atom. The lowest BCUT2D eigenvalue weighted by atomic mass is 10.1. The maximum atomic E-state index is 12.4. The lowest BCUT2D eigenvalue weighted by Crippen LogP contribution is -2.18. The zero-order valence-corrected chi connectivity index (χ0v) is 12.9. The van der Waals surface area contributed by atoms with Gasteiger partial charge in [0.2, 0.25) is 0 Å². The first-order valence-electron chi connectivity index (χ1n) is 7.26. The Hall–Kier alpha value is -3.41. The molecule has 0 unspecified atom stereocenters. The van der Waals surface area contributed by atoms with E-state index in [-0.39, 0.29) is 17.4 Å². The number of aryl methyl sites for hydroxylation is 1. The van der Waals surface area contributed by atoms with Gasteiger partial charge in [-0.15, -0.1) is 0 Å². The molecule has 0 saturated heterocycles. The minimum atomic E-state index is -0.369. The molecule has 2 aromatic carbocycles. The van der Waals surface area contributed by atoms with Gasteiger partial charge in [0.15, 0.2) is 0 Å². The average Bonchev–Trinajstić information content (AvgIpc) is 2.56. The van der Waals surface area contributed by atoms with Crippen molar-refractivity contribution in [2.24, 2.45) is 5.10 Å². The first-order valence-corrected chi connectivity index (χ1v) is 7.26. The van der Waals surface area contributed by atoms with Gasteiger partial charge < -0.3 is 10.2 Å². The van der Waals surface area contributed by atoms with Crippen molar-refractivity contribution in [3.63, 3.8) is 0 Å². The number of hydrogen-bond donors (Lipinski definition) is 3. The van der Waals surface area contributed by atoms with E-state index in [1.165, 1.54) is 24.4 Å². The highest BCUT2D eigenvalue weighted by molar-refractivity contribution is 6.06. The van der Waals surface area contributed by atoms with Crippen molar-refractivity contribution in [1.29, 1.82) is 0 Å². The van der Waals surface area contributed by atoms with Gasteiger partial charge in [0.1, 0.15) is 11.5 Å². The molecule has 0 fully saturated rings. The quantitative estimate of drug-likeness (QED) is 0.510. The topological polar surface area (TPSA) is 94.8 Å². The molecule has 24 heavy (non-hydrogen) atoms. The summed E-state index contributed by atoms with van der Waals surface area (Å²) < 4.78 is 0. The molecule has 1 heterocycles. The molecular formula is C18H15N3O3. The average molecular weight is 321 g/mol. The Balaban J connectivity index is 1.84. The number of nitrogens with one attached hydrogen (secondary N) is 1. The molecule has 3 aromatic rings. The monoisotopic (exact) mass is 321 g/mol. The maximum Gasteiger partial charge on any atom is 0.272 e. The van der Waals surface area contributed by atoms with Crippen LogP contribution in [-0.2, 0) is 0 Å². The van der Waals surface area contributed by atoms with Gasteiger partial charge in [0.25, 0.3) is 5.91 Å². The molecule has 0 radical (unpaired) electrons. The smallest absolute Gasteiger partial charge is 0.272 e. The van der Waals surface area contributed by atoms with E-state index in [0.29, 0.717) is 11.1 Å². The number of amides is 1. The Bertz CT molecular complexity index is 951. The van der Waals surface area contributed by atoms with Gasteiger partial charge >= 0.3 is 0 Å². The molecule has 120 valence electrons. The molecule has 0 aliphatic carbocycles. The summed E-state index contributed by atoms with van der Waals surface area (Å²) in [5, 5.41) is 23.5. The Morgan fingerprint density at radius 2 is 1.96 bits per heavy atom. The van der Waals surface area contributed by atoms with Crippen molar-refractivity contribution in [2.45, 2.75) is 6.92 Å². The number of aromatic nitrogens is 1. The number of hydrogen-bond acceptors (Lipinski definition) is 5. The number of nitrogens with zero attached hydrogens (tertiary/aromatic N) is 2. The Labute approximate surface area is 138 Å². The highest BCUT2D eigenvalue weighted by Gasteiger charge is 2.11. The molecule has 3 rings (SSSR count). The molecule has 1 amide bonds. The lowest BCUT2D eigenvalue weighted by Gasteiger charge is -2.06. The van der Waals surface area contributed by atoms with Crippen LogP contribution in [0.1, 0.15) is 21.6 Å². The number of benzene rings is 2. The number of pyridine rings is 1. The minimum absolute atomic E-state index is 0.0487. The summed E-state index contributed by atoms with van der Waals surface area (Å²) in [6, 6.07) is 13.2. The van der Waals surface area contributed by atoms with E-state index in [2.05, 4.69) is 15.5 Å². The van der Waals surface area contributed by atoms with Crippen LogP contribution in [0.25, 0.3) is 10.9 Å². The molecule has 0 spiro atoms. The number of phenolic OH excluding ortho intramolecular Hbond substituents is 2.